The molecule has 7 heteroatoms. The fourth-order valence-corrected chi connectivity index (χ4v) is 2.93. The second-order valence-electron chi connectivity index (χ2n) is 4.75. The van der Waals surface area contributed by atoms with Gasteiger partial charge in [-0.05, 0) is 30.5 Å². The Morgan fingerprint density at radius 3 is 2.65 bits per heavy atom. The summed E-state index contributed by atoms with van der Waals surface area (Å²) in [4.78, 5) is -0.108. The fourth-order valence-electron chi connectivity index (χ4n) is 1.58. The summed E-state index contributed by atoms with van der Waals surface area (Å²) in [6.07, 6.45) is -0.259. The third-order valence-corrected chi connectivity index (χ3v) is 4.61. The number of aliphatic hydroxyl groups excluding tert-OH is 1. The molecular weight excluding hydrogens is 300 g/mol. The molecule has 1 atom stereocenters. The second-order valence-corrected chi connectivity index (χ2v) is 6.92. The highest BCUT2D eigenvalue weighted by atomic mass is 35.5. The lowest BCUT2D eigenvalue weighted by molar-refractivity contribution is 0.118. The van der Waals surface area contributed by atoms with Crippen molar-refractivity contribution in [2.75, 3.05) is 6.54 Å². The zero-order chi connectivity index (χ0) is 15.3. The minimum absolute atomic E-state index is 0.00518. The first kappa shape index (κ1) is 16.9. The predicted octanol–water partition coefficient (Wildman–Crippen LogP) is 1.90. The Labute approximate surface area is 124 Å². The molecule has 1 rings (SSSR count). The maximum absolute atomic E-state index is 12.1. The van der Waals surface area contributed by atoms with Crippen molar-refractivity contribution in [3.63, 3.8) is 0 Å². The molecule has 0 spiro atoms. The Morgan fingerprint density at radius 2 is 2.10 bits per heavy atom. The van der Waals surface area contributed by atoms with Crippen LogP contribution in [0.2, 0.25) is 5.02 Å². The molecule has 0 bridgehead atoms. The van der Waals surface area contributed by atoms with Gasteiger partial charge in [-0.3, -0.25) is 0 Å². The van der Waals surface area contributed by atoms with Gasteiger partial charge in [0.15, 0.2) is 0 Å². The van der Waals surface area contributed by atoms with E-state index in [1.54, 1.807) is 6.07 Å². The third kappa shape index (κ3) is 4.46. The minimum atomic E-state index is -3.78. The molecular formula is C13H17ClN2O3S. The molecule has 110 valence electrons. The van der Waals surface area contributed by atoms with Crippen molar-refractivity contribution in [1.29, 1.82) is 5.26 Å². The molecule has 0 radical (unpaired) electrons. The van der Waals surface area contributed by atoms with Crippen molar-refractivity contribution >= 4 is 21.6 Å². The van der Waals surface area contributed by atoms with Gasteiger partial charge >= 0.3 is 0 Å². The number of halogens is 1. The number of sulfonamides is 1. The monoisotopic (exact) mass is 316 g/mol. The number of nitriles is 1. The first-order valence-electron chi connectivity index (χ1n) is 6.15. The zero-order valence-electron chi connectivity index (χ0n) is 11.3. The van der Waals surface area contributed by atoms with Gasteiger partial charge in [-0.1, -0.05) is 25.4 Å². The van der Waals surface area contributed by atoms with E-state index in [9.17, 15) is 13.5 Å². The van der Waals surface area contributed by atoms with E-state index in [0.717, 1.165) is 0 Å². The van der Waals surface area contributed by atoms with Crippen LogP contribution >= 0.6 is 11.6 Å². The average Bonchev–Trinajstić information content (AvgIpc) is 2.37. The SMILES string of the molecule is CC(C)C(O)CCNS(=O)(=O)c1ccc(Cl)cc1C#N. The Hall–Kier alpha value is -1.13. The quantitative estimate of drug-likeness (QED) is 0.838. The van der Waals surface area contributed by atoms with Crippen molar-refractivity contribution in [2.45, 2.75) is 31.3 Å². The summed E-state index contributed by atoms with van der Waals surface area (Å²) < 4.78 is 26.5. The smallest absolute Gasteiger partial charge is 0.241 e. The van der Waals surface area contributed by atoms with Crippen LogP contribution in [-0.2, 0) is 10.0 Å². The molecule has 1 aromatic rings. The van der Waals surface area contributed by atoms with Gasteiger partial charge in [0.1, 0.15) is 6.07 Å². The Morgan fingerprint density at radius 1 is 1.45 bits per heavy atom. The van der Waals surface area contributed by atoms with Crippen molar-refractivity contribution in [1.82, 2.24) is 4.72 Å². The normalized spacial score (nSPS) is 13.2. The van der Waals surface area contributed by atoms with Crippen molar-refractivity contribution in [2.24, 2.45) is 5.92 Å². The topological polar surface area (TPSA) is 90.2 Å². The lowest BCUT2D eigenvalue weighted by Crippen LogP contribution is -2.29. The van der Waals surface area contributed by atoms with Crippen LogP contribution < -0.4 is 4.72 Å². The molecule has 0 amide bonds. The van der Waals surface area contributed by atoms with E-state index in [1.807, 2.05) is 13.8 Å². The second kappa shape index (κ2) is 7.04. The van der Waals surface area contributed by atoms with Crippen LogP contribution in [0.3, 0.4) is 0 Å². The molecule has 0 fully saturated rings. The highest BCUT2D eigenvalue weighted by Gasteiger charge is 2.19. The van der Waals surface area contributed by atoms with Crippen LogP contribution in [0.5, 0.6) is 0 Å². The number of hydrogen-bond acceptors (Lipinski definition) is 4. The van der Waals surface area contributed by atoms with Gasteiger partial charge < -0.3 is 5.11 Å². The molecule has 1 aromatic carbocycles. The molecule has 0 aromatic heterocycles. The molecule has 0 aliphatic rings. The molecule has 0 aliphatic carbocycles. The number of rotatable bonds is 6. The van der Waals surface area contributed by atoms with Gasteiger partial charge in [0.05, 0.1) is 16.6 Å². The predicted molar refractivity (Wildman–Crippen MR) is 76.8 cm³/mol. The number of aliphatic hydroxyl groups is 1. The Kier molecular flexibility index (Phi) is 5.96. The fraction of sp³-hybridized carbons (Fsp3) is 0.462. The van der Waals surface area contributed by atoms with Crippen molar-refractivity contribution in [3.05, 3.63) is 28.8 Å². The number of nitrogens with one attached hydrogen (secondary N) is 1. The van der Waals surface area contributed by atoms with E-state index in [0.29, 0.717) is 11.4 Å². The third-order valence-electron chi connectivity index (χ3n) is 2.85. The maximum atomic E-state index is 12.1. The molecule has 0 saturated carbocycles. The molecule has 0 saturated heterocycles. The minimum Gasteiger partial charge on any atom is -0.393 e. The maximum Gasteiger partial charge on any atom is 0.241 e. The summed E-state index contributed by atoms with van der Waals surface area (Å²) in [5, 5.41) is 18.9. The van der Waals surface area contributed by atoms with Crippen LogP contribution in [0, 0.1) is 17.2 Å². The molecule has 0 heterocycles. The van der Waals surface area contributed by atoms with Gasteiger partial charge in [-0.2, -0.15) is 5.26 Å². The molecule has 1 unspecified atom stereocenters. The van der Waals surface area contributed by atoms with E-state index < -0.39 is 16.1 Å². The lowest BCUT2D eigenvalue weighted by Gasteiger charge is -2.14. The van der Waals surface area contributed by atoms with Gasteiger partial charge in [-0.15, -0.1) is 0 Å². The van der Waals surface area contributed by atoms with E-state index in [1.165, 1.54) is 18.2 Å². The van der Waals surface area contributed by atoms with Crippen LogP contribution in [0.4, 0.5) is 0 Å². The first-order chi connectivity index (χ1) is 9.27. The van der Waals surface area contributed by atoms with Crippen molar-refractivity contribution in [3.8, 4) is 6.07 Å². The van der Waals surface area contributed by atoms with E-state index in [-0.39, 0.29) is 22.9 Å². The lowest BCUT2D eigenvalue weighted by atomic mass is 10.1. The Balaban J connectivity index is 2.83. The largest absolute Gasteiger partial charge is 0.393 e. The molecule has 5 nitrogen and oxygen atoms in total. The summed E-state index contributed by atoms with van der Waals surface area (Å²) >= 11 is 5.73. The van der Waals surface area contributed by atoms with E-state index >= 15 is 0 Å². The summed E-state index contributed by atoms with van der Waals surface area (Å²) in [6, 6.07) is 5.82. The first-order valence-corrected chi connectivity index (χ1v) is 8.01. The van der Waals surface area contributed by atoms with Crippen molar-refractivity contribution < 1.29 is 13.5 Å². The average molecular weight is 317 g/mol. The van der Waals surface area contributed by atoms with Crippen LogP contribution in [0.15, 0.2) is 23.1 Å². The molecule has 2 N–H and O–H groups in total. The summed E-state index contributed by atoms with van der Waals surface area (Å²) in [5.41, 5.74) is -0.00518. The Bertz CT molecular complexity index is 609. The number of nitrogens with zero attached hydrogens (tertiary/aromatic N) is 1. The highest BCUT2D eigenvalue weighted by Crippen LogP contribution is 2.19. The van der Waals surface area contributed by atoms with E-state index in [4.69, 9.17) is 16.9 Å². The van der Waals surface area contributed by atoms with Gasteiger partial charge in [-0.25, -0.2) is 13.1 Å². The number of hydrogen-bond donors (Lipinski definition) is 2. The molecule has 0 aliphatic heterocycles. The summed E-state index contributed by atoms with van der Waals surface area (Å²) in [5.74, 6) is 0.0599. The highest BCUT2D eigenvalue weighted by molar-refractivity contribution is 7.89. The van der Waals surface area contributed by atoms with Gasteiger partial charge in [0.2, 0.25) is 10.0 Å². The molecule has 20 heavy (non-hydrogen) atoms. The zero-order valence-corrected chi connectivity index (χ0v) is 12.9. The van der Waals surface area contributed by atoms with Gasteiger partial charge in [0, 0.05) is 11.6 Å². The summed E-state index contributed by atoms with van der Waals surface area (Å²) in [6.45, 7) is 3.81. The van der Waals surface area contributed by atoms with Crippen LogP contribution in [0.1, 0.15) is 25.8 Å². The van der Waals surface area contributed by atoms with E-state index in [2.05, 4.69) is 4.72 Å². The van der Waals surface area contributed by atoms with Crippen LogP contribution in [0.25, 0.3) is 0 Å². The number of benzene rings is 1. The van der Waals surface area contributed by atoms with Crippen LogP contribution in [-0.4, -0.2) is 26.2 Å². The van der Waals surface area contributed by atoms with Gasteiger partial charge in [0.25, 0.3) is 0 Å². The standard InChI is InChI=1S/C13H17ClN2O3S/c1-9(2)12(17)5-6-16-20(18,19)13-4-3-11(14)7-10(13)8-15/h3-4,7,9,12,16-17H,5-6H2,1-2H3. The summed E-state index contributed by atoms with van der Waals surface area (Å²) in [7, 11) is -3.78.